The molecule has 8 heteroatoms. The van der Waals surface area contributed by atoms with Gasteiger partial charge in [0.1, 0.15) is 11.6 Å². The van der Waals surface area contributed by atoms with Crippen molar-refractivity contribution in [2.45, 2.75) is 44.9 Å². The molecule has 0 unspecified atom stereocenters. The molecular formula is C17H28FN3O3Si. The predicted octanol–water partition coefficient (Wildman–Crippen LogP) is 3.41. The summed E-state index contributed by atoms with van der Waals surface area (Å²) < 4.78 is 19.5. The smallest absolute Gasteiger partial charge is 0.407 e. The number of rotatable bonds is 4. The minimum absolute atomic E-state index is 0.0765. The monoisotopic (exact) mass is 369 g/mol. The van der Waals surface area contributed by atoms with E-state index in [-0.39, 0.29) is 16.9 Å². The molecule has 140 valence electrons. The van der Waals surface area contributed by atoms with Crippen molar-refractivity contribution in [3.8, 4) is 0 Å². The second-order valence-corrected chi connectivity index (χ2v) is 12.8. The van der Waals surface area contributed by atoms with Crippen LogP contribution >= 0.6 is 0 Å². The molecule has 1 aromatic heterocycles. The Bertz CT molecular complexity index is 604. The van der Waals surface area contributed by atoms with E-state index in [0.29, 0.717) is 32.1 Å². The van der Waals surface area contributed by atoms with Crippen LogP contribution in [0.15, 0.2) is 18.3 Å². The number of aromatic nitrogens is 1. The zero-order chi connectivity index (χ0) is 18.8. The Labute approximate surface area is 149 Å². The summed E-state index contributed by atoms with van der Waals surface area (Å²) in [6, 6.07) is 2.86. The minimum Gasteiger partial charge on any atom is -0.465 e. The maximum absolute atomic E-state index is 13.2. The van der Waals surface area contributed by atoms with Crippen LogP contribution in [0.3, 0.4) is 0 Å². The number of amides is 1. The Morgan fingerprint density at radius 3 is 2.60 bits per heavy atom. The Kier molecular flexibility index (Phi) is 5.73. The highest BCUT2D eigenvalue weighted by molar-refractivity contribution is 6.74. The summed E-state index contributed by atoms with van der Waals surface area (Å²) in [6.45, 7) is 12.5. The van der Waals surface area contributed by atoms with Crippen molar-refractivity contribution in [1.82, 2.24) is 9.88 Å². The third-order valence-electron chi connectivity index (χ3n) is 5.20. The topological polar surface area (TPSA) is 65.9 Å². The first kappa shape index (κ1) is 19.6. The van der Waals surface area contributed by atoms with E-state index < -0.39 is 14.4 Å². The van der Waals surface area contributed by atoms with Gasteiger partial charge in [-0.3, -0.25) is 0 Å². The van der Waals surface area contributed by atoms with Crippen molar-refractivity contribution in [2.75, 3.05) is 31.1 Å². The van der Waals surface area contributed by atoms with Gasteiger partial charge in [-0.1, -0.05) is 20.8 Å². The zero-order valence-corrected chi connectivity index (χ0v) is 16.6. The number of carboxylic acid groups (broad SMARTS) is 1. The average molecular weight is 370 g/mol. The SMILES string of the molecule is CC(C)(C)[Si](C)(C)OC[C@@H]1CN(C(=O)O)CCN1c1ccc(F)cn1. The van der Waals surface area contributed by atoms with Gasteiger partial charge in [0.25, 0.3) is 0 Å². The van der Waals surface area contributed by atoms with E-state index in [9.17, 15) is 14.3 Å². The molecule has 1 fully saturated rings. The van der Waals surface area contributed by atoms with Crippen LogP contribution in [0.2, 0.25) is 18.1 Å². The first-order valence-corrected chi connectivity index (χ1v) is 11.4. The van der Waals surface area contributed by atoms with Gasteiger partial charge in [-0.25, -0.2) is 14.2 Å². The number of nitrogens with zero attached hydrogens (tertiary/aromatic N) is 3. The highest BCUT2D eigenvalue weighted by Crippen LogP contribution is 2.37. The highest BCUT2D eigenvalue weighted by Gasteiger charge is 2.39. The van der Waals surface area contributed by atoms with Crippen LogP contribution in [-0.2, 0) is 4.43 Å². The number of anilines is 1. The molecule has 0 spiro atoms. The van der Waals surface area contributed by atoms with E-state index in [2.05, 4.69) is 38.8 Å². The van der Waals surface area contributed by atoms with Crippen LogP contribution < -0.4 is 4.90 Å². The van der Waals surface area contributed by atoms with Gasteiger partial charge in [0.05, 0.1) is 18.8 Å². The molecule has 0 saturated carbocycles. The Morgan fingerprint density at radius 1 is 1.40 bits per heavy atom. The minimum atomic E-state index is -1.95. The number of hydrogen-bond acceptors (Lipinski definition) is 4. The summed E-state index contributed by atoms with van der Waals surface area (Å²) in [5, 5.41) is 9.39. The zero-order valence-electron chi connectivity index (χ0n) is 15.6. The van der Waals surface area contributed by atoms with Crippen LogP contribution in [0.25, 0.3) is 0 Å². The van der Waals surface area contributed by atoms with E-state index in [4.69, 9.17) is 4.43 Å². The van der Waals surface area contributed by atoms with Crippen LogP contribution in [0.1, 0.15) is 20.8 Å². The molecule has 0 aliphatic carbocycles. The largest absolute Gasteiger partial charge is 0.465 e. The van der Waals surface area contributed by atoms with Crippen molar-refractivity contribution in [1.29, 1.82) is 0 Å². The third kappa shape index (κ3) is 4.69. The van der Waals surface area contributed by atoms with Crippen LogP contribution in [0.5, 0.6) is 0 Å². The van der Waals surface area contributed by atoms with E-state index in [1.165, 1.54) is 17.2 Å². The lowest BCUT2D eigenvalue weighted by atomic mass is 10.2. The second-order valence-electron chi connectivity index (χ2n) is 7.98. The fraction of sp³-hybridized carbons (Fsp3) is 0.647. The highest BCUT2D eigenvalue weighted by atomic mass is 28.4. The van der Waals surface area contributed by atoms with Gasteiger partial charge in [0, 0.05) is 19.6 Å². The average Bonchev–Trinajstić information content (AvgIpc) is 2.52. The molecule has 0 radical (unpaired) electrons. The summed E-state index contributed by atoms with van der Waals surface area (Å²) in [4.78, 5) is 18.9. The van der Waals surface area contributed by atoms with E-state index in [1.807, 2.05) is 4.90 Å². The molecule has 6 nitrogen and oxygen atoms in total. The van der Waals surface area contributed by atoms with E-state index in [1.54, 1.807) is 6.07 Å². The van der Waals surface area contributed by atoms with Gasteiger partial charge in [0.2, 0.25) is 0 Å². The molecule has 2 heterocycles. The van der Waals surface area contributed by atoms with E-state index in [0.717, 1.165) is 0 Å². The lowest BCUT2D eigenvalue weighted by Gasteiger charge is -2.43. The number of carbonyl (C=O) groups is 1. The quantitative estimate of drug-likeness (QED) is 0.824. The molecule has 25 heavy (non-hydrogen) atoms. The van der Waals surface area contributed by atoms with Crippen molar-refractivity contribution < 1.29 is 18.7 Å². The van der Waals surface area contributed by atoms with Gasteiger partial charge in [-0.05, 0) is 30.3 Å². The summed E-state index contributed by atoms with van der Waals surface area (Å²) >= 11 is 0. The molecule has 1 atom stereocenters. The molecule has 1 N–H and O–H groups in total. The third-order valence-corrected chi connectivity index (χ3v) is 9.70. The normalized spacial score (nSPS) is 19.2. The lowest BCUT2D eigenvalue weighted by Crippen LogP contribution is -2.58. The molecule has 1 saturated heterocycles. The fourth-order valence-corrected chi connectivity index (χ4v) is 3.57. The molecular weight excluding hydrogens is 341 g/mol. The molecule has 1 aromatic rings. The molecule has 1 amide bonds. The Balaban J connectivity index is 2.17. The first-order valence-electron chi connectivity index (χ1n) is 8.51. The van der Waals surface area contributed by atoms with E-state index >= 15 is 0 Å². The van der Waals surface area contributed by atoms with Crippen molar-refractivity contribution in [2.24, 2.45) is 0 Å². The van der Waals surface area contributed by atoms with Crippen molar-refractivity contribution in [3.05, 3.63) is 24.1 Å². The number of piperazine rings is 1. The first-order chi connectivity index (χ1) is 11.5. The number of pyridine rings is 1. The predicted molar refractivity (Wildman–Crippen MR) is 98.1 cm³/mol. The molecule has 1 aliphatic rings. The van der Waals surface area contributed by atoms with Gasteiger partial charge in [-0.2, -0.15) is 0 Å². The fourth-order valence-electron chi connectivity index (χ4n) is 2.53. The summed E-state index contributed by atoms with van der Waals surface area (Å²) in [5.41, 5.74) is 0. The van der Waals surface area contributed by atoms with Gasteiger partial charge >= 0.3 is 6.09 Å². The maximum Gasteiger partial charge on any atom is 0.407 e. The molecule has 0 aromatic carbocycles. The molecule has 2 rings (SSSR count). The number of halogens is 1. The Morgan fingerprint density at radius 2 is 2.08 bits per heavy atom. The molecule has 1 aliphatic heterocycles. The van der Waals surface area contributed by atoms with Gasteiger partial charge in [0.15, 0.2) is 8.32 Å². The number of hydrogen-bond donors (Lipinski definition) is 1. The summed E-state index contributed by atoms with van der Waals surface area (Å²) in [7, 11) is -1.95. The maximum atomic E-state index is 13.2. The standard InChI is InChI=1S/C17H28FN3O3Si/c1-17(2,3)25(4,5)24-12-14-11-20(16(22)23)8-9-21(14)15-7-6-13(18)10-19-15/h6-7,10,14H,8-9,11-12H2,1-5H3,(H,22,23)/t14-/m0/s1. The summed E-state index contributed by atoms with van der Waals surface area (Å²) in [5.74, 6) is 0.261. The van der Waals surface area contributed by atoms with Crippen molar-refractivity contribution in [3.63, 3.8) is 0 Å². The lowest BCUT2D eigenvalue weighted by molar-refractivity contribution is 0.125. The van der Waals surface area contributed by atoms with Crippen LogP contribution in [-0.4, -0.2) is 61.7 Å². The van der Waals surface area contributed by atoms with Crippen LogP contribution in [0.4, 0.5) is 15.0 Å². The molecule has 0 bridgehead atoms. The second kappa shape index (κ2) is 7.29. The van der Waals surface area contributed by atoms with Gasteiger partial charge in [-0.15, -0.1) is 0 Å². The van der Waals surface area contributed by atoms with Crippen molar-refractivity contribution >= 4 is 20.2 Å². The Hall–Kier alpha value is -1.67. The van der Waals surface area contributed by atoms with Crippen LogP contribution in [0, 0.1) is 5.82 Å². The van der Waals surface area contributed by atoms with Gasteiger partial charge < -0.3 is 19.3 Å². The summed E-state index contributed by atoms with van der Waals surface area (Å²) in [6.07, 6.45) is 0.258.